The monoisotopic (exact) mass is 559 g/mol. The maximum absolute atomic E-state index is 13.2. The van der Waals surface area contributed by atoms with E-state index in [2.05, 4.69) is 16.4 Å². The zero-order valence-electron chi connectivity index (χ0n) is 22.7. The van der Waals surface area contributed by atoms with Gasteiger partial charge in [0.2, 0.25) is 0 Å². The van der Waals surface area contributed by atoms with Crippen LogP contribution in [0.1, 0.15) is 51.3 Å². The van der Waals surface area contributed by atoms with Gasteiger partial charge in [0, 0.05) is 21.7 Å². The lowest BCUT2D eigenvalue weighted by atomic mass is 10.2. The number of halogens is 2. The molecule has 38 heavy (non-hydrogen) atoms. The van der Waals surface area contributed by atoms with Crippen molar-refractivity contribution in [2.75, 3.05) is 4.72 Å². The van der Waals surface area contributed by atoms with Crippen LogP contribution < -0.4 is 16.3 Å². The number of nitrogens with two attached hydrogens (primary N) is 2. The molecule has 3 rings (SSSR count). The lowest BCUT2D eigenvalue weighted by Crippen LogP contribution is -2.29. The van der Waals surface area contributed by atoms with Gasteiger partial charge >= 0.3 is 0 Å². The number of hydrogen-bond donors (Lipinski definition) is 3. The molecular formula is C29H39ClFN5OS. The Morgan fingerprint density at radius 1 is 1.08 bits per heavy atom. The second-order valence-corrected chi connectivity index (χ2v) is 8.47. The molecule has 3 aromatic carbocycles. The Hall–Kier alpha value is -3.46. The number of allylic oxidation sites excluding steroid dienone is 1. The molecule has 0 aromatic heterocycles. The molecule has 0 heterocycles. The number of hydrogen-bond acceptors (Lipinski definition) is 4. The van der Waals surface area contributed by atoms with Gasteiger partial charge in [-0.25, -0.2) is 19.6 Å². The lowest BCUT2D eigenvalue weighted by molar-refractivity contribution is 0.290. The van der Waals surface area contributed by atoms with E-state index in [1.807, 2.05) is 46.8 Å². The van der Waals surface area contributed by atoms with Gasteiger partial charge in [0.25, 0.3) is 0 Å². The van der Waals surface area contributed by atoms with Gasteiger partial charge in [0.15, 0.2) is 5.84 Å². The third kappa shape index (κ3) is 14.3. The fourth-order valence-electron chi connectivity index (χ4n) is 2.70. The largest absolute Gasteiger partial charge is 0.382 e. The van der Waals surface area contributed by atoms with E-state index in [0.717, 1.165) is 5.56 Å². The first-order valence-corrected chi connectivity index (χ1v) is 13.8. The molecule has 0 aliphatic carbocycles. The van der Waals surface area contributed by atoms with Crippen LogP contribution in [0, 0.1) is 5.82 Å². The topological polar surface area (TPSA) is 96.7 Å². The van der Waals surface area contributed by atoms with Crippen LogP contribution in [-0.4, -0.2) is 15.2 Å². The summed E-state index contributed by atoms with van der Waals surface area (Å²) in [5.41, 5.74) is 8.77. The van der Waals surface area contributed by atoms with Crippen LogP contribution in [0.25, 0.3) is 6.08 Å². The van der Waals surface area contributed by atoms with Gasteiger partial charge in [-0.1, -0.05) is 81.8 Å². The first kappa shape index (κ1) is 34.5. The average Bonchev–Trinajstić information content (AvgIpc) is 2.90. The fourth-order valence-corrected chi connectivity index (χ4v) is 3.62. The number of hydrazone groups is 1. The van der Waals surface area contributed by atoms with E-state index in [1.54, 1.807) is 60.7 Å². The van der Waals surface area contributed by atoms with Crippen LogP contribution in [0.4, 0.5) is 10.1 Å². The average molecular weight is 560 g/mol. The van der Waals surface area contributed by atoms with Crippen molar-refractivity contribution in [2.24, 2.45) is 16.7 Å². The summed E-state index contributed by atoms with van der Waals surface area (Å²) in [6.45, 7) is 13.6. The third-order valence-corrected chi connectivity index (χ3v) is 5.13. The molecule has 3 aromatic rings. The number of nitrogens with one attached hydrogen (secondary N) is 1. The van der Waals surface area contributed by atoms with E-state index in [1.165, 1.54) is 22.7 Å². The van der Waals surface area contributed by atoms with E-state index in [0.29, 0.717) is 28.4 Å². The van der Waals surface area contributed by atoms with Crippen molar-refractivity contribution in [1.82, 2.24) is 5.12 Å². The maximum Gasteiger partial charge on any atom is 0.152 e. The Bertz CT molecular complexity index is 1190. The molecule has 1 atom stereocenters. The number of nitrogens with zero attached hydrogens (tertiary/aromatic N) is 2. The second kappa shape index (κ2) is 20.6. The van der Waals surface area contributed by atoms with Gasteiger partial charge < -0.3 is 10.5 Å². The molecule has 0 aliphatic heterocycles. The predicted molar refractivity (Wildman–Crippen MR) is 164 cm³/mol. The molecule has 9 heteroatoms. The van der Waals surface area contributed by atoms with Gasteiger partial charge in [0.1, 0.15) is 16.8 Å². The Morgan fingerprint density at radius 2 is 1.71 bits per heavy atom. The van der Waals surface area contributed by atoms with E-state index >= 15 is 0 Å². The first-order valence-electron chi connectivity index (χ1n) is 12.2. The fraction of sp³-hybridized carbons (Fsp3) is 0.207. The summed E-state index contributed by atoms with van der Waals surface area (Å²) in [5.74, 6) is 5.79. The molecule has 0 saturated heterocycles. The van der Waals surface area contributed by atoms with Crippen LogP contribution in [-0.2, 0) is 17.5 Å². The predicted octanol–water partition coefficient (Wildman–Crippen LogP) is 7.47. The van der Waals surface area contributed by atoms with Crippen molar-refractivity contribution in [1.29, 1.82) is 0 Å². The van der Waals surface area contributed by atoms with Crippen molar-refractivity contribution in [3.8, 4) is 0 Å². The number of benzene rings is 3. The number of amidine groups is 1. The van der Waals surface area contributed by atoms with Gasteiger partial charge in [-0.2, -0.15) is 0 Å². The molecule has 5 N–H and O–H groups in total. The smallest absolute Gasteiger partial charge is 0.152 e. The summed E-state index contributed by atoms with van der Waals surface area (Å²) in [6.07, 6.45) is 3.33. The quantitative estimate of drug-likeness (QED) is 0.0876. The Labute approximate surface area is 234 Å². The molecule has 0 saturated carbocycles. The Morgan fingerprint density at radius 3 is 2.34 bits per heavy atom. The van der Waals surface area contributed by atoms with Crippen molar-refractivity contribution >= 4 is 40.2 Å². The summed E-state index contributed by atoms with van der Waals surface area (Å²) in [4.78, 5) is 0. The molecule has 6 nitrogen and oxygen atoms in total. The number of anilines is 1. The molecule has 0 amide bonds. The van der Waals surface area contributed by atoms with Gasteiger partial charge in [0.05, 0.1) is 6.54 Å². The summed E-state index contributed by atoms with van der Waals surface area (Å²) in [6, 6.07) is 20.3. The zero-order chi connectivity index (χ0) is 28.9. The van der Waals surface area contributed by atoms with Gasteiger partial charge in [-0.3, -0.25) is 0 Å². The third-order valence-electron chi connectivity index (χ3n) is 4.08. The SMILES string of the molecule is C=CC.CC.CC.N/C(=N\N(N)Cc1cccc(Cl)c1)c1cccc(NS(=O)/C=C/c2cccc(F)c2)c1. The minimum absolute atomic E-state index is 0.203. The molecule has 1 unspecified atom stereocenters. The highest BCUT2D eigenvalue weighted by Gasteiger charge is 2.05. The standard InChI is InChI=1S/C22H21ClFN5OS.C3H6.2C2H6/c23-19-7-1-5-17(12-19)15-29(26)27-22(25)18-6-3-9-21(14-18)28-31(30)11-10-16-4-2-8-20(24)13-16;1-3-2;2*1-2/h1-14,28H,15,26H2,(H2,25,27);3H,1H2,2H3;2*1-2H3/b11-10+;;;. The highest BCUT2D eigenvalue weighted by Crippen LogP contribution is 2.14. The first-order chi connectivity index (χ1) is 18.3. The van der Waals surface area contributed by atoms with Gasteiger partial charge in [-0.05, 0) is 60.5 Å². The van der Waals surface area contributed by atoms with Crippen molar-refractivity contribution in [3.05, 3.63) is 118 Å². The molecule has 0 bridgehead atoms. The van der Waals surface area contributed by atoms with E-state index in [4.69, 9.17) is 23.2 Å². The maximum atomic E-state index is 13.2. The molecule has 0 fully saturated rings. The van der Waals surface area contributed by atoms with Crippen LogP contribution >= 0.6 is 11.6 Å². The van der Waals surface area contributed by atoms with Crippen LogP contribution in [0.15, 0.2) is 96.0 Å². The van der Waals surface area contributed by atoms with Gasteiger partial charge in [-0.15, -0.1) is 11.7 Å². The molecule has 0 aliphatic rings. The minimum Gasteiger partial charge on any atom is -0.382 e. The highest BCUT2D eigenvalue weighted by molar-refractivity contribution is 7.89. The second-order valence-electron chi connectivity index (χ2n) is 6.96. The van der Waals surface area contributed by atoms with Crippen LogP contribution in [0.5, 0.6) is 0 Å². The van der Waals surface area contributed by atoms with Crippen LogP contribution in [0.3, 0.4) is 0 Å². The molecule has 0 radical (unpaired) electrons. The van der Waals surface area contributed by atoms with Crippen molar-refractivity contribution in [3.63, 3.8) is 0 Å². The lowest BCUT2D eigenvalue weighted by Gasteiger charge is -2.14. The molecule has 0 spiro atoms. The van der Waals surface area contributed by atoms with E-state index in [-0.39, 0.29) is 11.7 Å². The summed E-state index contributed by atoms with van der Waals surface area (Å²) < 4.78 is 28.3. The highest BCUT2D eigenvalue weighted by atomic mass is 35.5. The van der Waals surface area contributed by atoms with Crippen molar-refractivity contribution < 1.29 is 8.60 Å². The minimum atomic E-state index is -1.52. The summed E-state index contributed by atoms with van der Waals surface area (Å²) >= 11 is 5.98. The zero-order valence-corrected chi connectivity index (χ0v) is 24.3. The number of rotatable bonds is 8. The Kier molecular flexibility index (Phi) is 18.7. The molecular weight excluding hydrogens is 521 g/mol. The number of hydrazine groups is 1. The van der Waals surface area contributed by atoms with Crippen molar-refractivity contribution in [2.45, 2.75) is 41.2 Å². The van der Waals surface area contributed by atoms with Crippen LogP contribution in [0.2, 0.25) is 5.02 Å². The summed E-state index contributed by atoms with van der Waals surface area (Å²) in [5, 5.41) is 7.46. The molecule has 206 valence electrons. The summed E-state index contributed by atoms with van der Waals surface area (Å²) in [7, 11) is -1.52. The van der Waals surface area contributed by atoms with E-state index < -0.39 is 11.0 Å². The van der Waals surface area contributed by atoms with E-state index in [9.17, 15) is 8.60 Å². The Balaban J connectivity index is 0.00000179. The normalized spacial score (nSPS) is 11.0.